The molecule has 1 aliphatic heterocycles. The van der Waals surface area contributed by atoms with Crippen LogP contribution in [0.3, 0.4) is 0 Å². The summed E-state index contributed by atoms with van der Waals surface area (Å²) >= 11 is 0. The lowest BCUT2D eigenvalue weighted by Gasteiger charge is -2.44. The van der Waals surface area contributed by atoms with Crippen molar-refractivity contribution >= 4 is 40.2 Å². The molecule has 0 saturated carbocycles. The van der Waals surface area contributed by atoms with Gasteiger partial charge in [0.05, 0.1) is 0 Å². The molecule has 1 nitrogen and oxygen atoms in total. The SMILES string of the molecule is O=[P+]1C(c2cccc3ccccc23)=CC2=C(c3cccc4ccccc34)C3c4ccccc4C21c1ccccc13. The van der Waals surface area contributed by atoms with Crippen molar-refractivity contribution in [3.8, 4) is 0 Å². The Labute approximate surface area is 233 Å². The molecule has 40 heavy (non-hydrogen) atoms. The van der Waals surface area contributed by atoms with Crippen LogP contribution in [0.25, 0.3) is 32.4 Å². The van der Waals surface area contributed by atoms with Crippen LogP contribution in [0.4, 0.5) is 0 Å². The zero-order valence-electron chi connectivity index (χ0n) is 21.7. The summed E-state index contributed by atoms with van der Waals surface area (Å²) < 4.78 is 15.4. The smallest absolute Gasteiger partial charge is 0.0662 e. The van der Waals surface area contributed by atoms with Crippen molar-refractivity contribution in [3.63, 3.8) is 0 Å². The third kappa shape index (κ3) is 2.64. The third-order valence-electron chi connectivity index (χ3n) is 9.24. The van der Waals surface area contributed by atoms with Gasteiger partial charge in [0.1, 0.15) is 0 Å². The van der Waals surface area contributed by atoms with Gasteiger partial charge in [-0.15, -0.1) is 0 Å². The minimum Gasteiger partial charge on any atom is -0.0662 e. The van der Waals surface area contributed by atoms with Gasteiger partial charge in [0.2, 0.25) is 5.16 Å². The molecule has 1 unspecified atom stereocenters. The van der Waals surface area contributed by atoms with E-state index in [9.17, 15) is 0 Å². The quantitative estimate of drug-likeness (QED) is 0.205. The molecule has 1 spiro atoms. The lowest BCUT2D eigenvalue weighted by Crippen LogP contribution is -2.37. The largest absolute Gasteiger partial charge is 0.398 e. The van der Waals surface area contributed by atoms with E-state index in [1.807, 2.05) is 0 Å². The topological polar surface area (TPSA) is 17.1 Å². The molecule has 186 valence electrons. The molecule has 0 N–H and O–H groups in total. The average Bonchev–Trinajstić information content (AvgIpc) is 3.34. The summed E-state index contributed by atoms with van der Waals surface area (Å²) in [5, 5.41) is 5.03. The number of allylic oxidation sites excluding steroid dienone is 3. The zero-order chi connectivity index (χ0) is 26.4. The zero-order valence-corrected chi connectivity index (χ0v) is 22.6. The van der Waals surface area contributed by atoms with Crippen LogP contribution in [-0.4, -0.2) is 0 Å². The van der Waals surface area contributed by atoms with Crippen LogP contribution in [-0.2, 0) is 9.72 Å². The molecule has 10 rings (SSSR count). The highest BCUT2D eigenvalue weighted by molar-refractivity contribution is 7.59. The Morgan fingerprint density at radius 3 is 1.68 bits per heavy atom. The first-order valence-corrected chi connectivity index (χ1v) is 15.1. The van der Waals surface area contributed by atoms with Gasteiger partial charge in [0.15, 0.2) is 5.31 Å². The molecule has 4 aliphatic rings. The highest BCUT2D eigenvalue weighted by Crippen LogP contribution is 2.76. The first-order chi connectivity index (χ1) is 19.8. The second-order valence-corrected chi connectivity index (χ2v) is 12.8. The number of benzene rings is 6. The molecule has 2 heteroatoms. The molecule has 1 heterocycles. The summed E-state index contributed by atoms with van der Waals surface area (Å²) in [5.74, 6) is 0.0848. The van der Waals surface area contributed by atoms with Crippen molar-refractivity contribution in [2.75, 3.05) is 0 Å². The molecule has 2 bridgehead atoms. The minimum atomic E-state index is -1.86. The van der Waals surface area contributed by atoms with Crippen molar-refractivity contribution < 1.29 is 4.57 Å². The van der Waals surface area contributed by atoms with Crippen molar-refractivity contribution in [2.45, 2.75) is 11.1 Å². The predicted octanol–water partition coefficient (Wildman–Crippen LogP) is 10.0. The first-order valence-electron chi connectivity index (χ1n) is 13.9. The first kappa shape index (κ1) is 22.3. The maximum absolute atomic E-state index is 15.4. The monoisotopic (exact) mass is 527 g/mol. The van der Waals surface area contributed by atoms with Crippen LogP contribution in [0, 0.1) is 0 Å². The molecule has 3 aliphatic carbocycles. The van der Waals surface area contributed by atoms with Crippen LogP contribution < -0.4 is 0 Å². The normalized spacial score (nSPS) is 21.4. The Morgan fingerprint density at radius 1 is 0.525 bits per heavy atom. The Bertz CT molecular complexity index is 2090. The van der Waals surface area contributed by atoms with Crippen molar-refractivity contribution in [1.29, 1.82) is 0 Å². The van der Waals surface area contributed by atoms with E-state index in [4.69, 9.17) is 0 Å². The van der Waals surface area contributed by atoms with Gasteiger partial charge in [-0.3, -0.25) is 0 Å². The fourth-order valence-corrected chi connectivity index (χ4v) is 9.97. The second kappa shape index (κ2) is 7.98. The highest BCUT2D eigenvalue weighted by atomic mass is 31.1. The molecule has 1 atom stereocenters. The predicted molar refractivity (Wildman–Crippen MR) is 166 cm³/mol. The van der Waals surface area contributed by atoms with Gasteiger partial charge in [-0.2, -0.15) is 0 Å². The Hall–Kier alpha value is -4.58. The lowest BCUT2D eigenvalue weighted by molar-refractivity contribution is 0.576. The summed E-state index contributed by atoms with van der Waals surface area (Å²) in [6.45, 7) is 0. The van der Waals surface area contributed by atoms with Crippen LogP contribution in [0.5, 0.6) is 0 Å². The van der Waals surface area contributed by atoms with Gasteiger partial charge in [-0.05, 0) is 49.9 Å². The highest BCUT2D eigenvalue weighted by Gasteiger charge is 2.68. The maximum Gasteiger partial charge on any atom is 0.398 e. The summed E-state index contributed by atoms with van der Waals surface area (Å²) in [6.07, 6.45) is 2.30. The van der Waals surface area contributed by atoms with Gasteiger partial charge in [0.25, 0.3) is 0 Å². The second-order valence-electron chi connectivity index (χ2n) is 11.0. The van der Waals surface area contributed by atoms with Crippen molar-refractivity contribution in [2.24, 2.45) is 0 Å². The number of hydrogen-bond acceptors (Lipinski definition) is 1. The van der Waals surface area contributed by atoms with Gasteiger partial charge >= 0.3 is 7.80 Å². The summed E-state index contributed by atoms with van der Waals surface area (Å²) in [5.41, 5.74) is 9.78. The van der Waals surface area contributed by atoms with E-state index in [-0.39, 0.29) is 5.92 Å². The Balaban J connectivity index is 1.46. The lowest BCUT2D eigenvalue weighted by atomic mass is 9.59. The summed E-state index contributed by atoms with van der Waals surface area (Å²) in [7, 11) is -1.86. The van der Waals surface area contributed by atoms with Crippen LogP contribution >= 0.6 is 7.80 Å². The number of hydrogen-bond donors (Lipinski definition) is 0. The molecular weight excluding hydrogens is 503 g/mol. The van der Waals surface area contributed by atoms with E-state index < -0.39 is 13.0 Å². The van der Waals surface area contributed by atoms with E-state index >= 15 is 4.57 Å². The maximum atomic E-state index is 15.4. The minimum absolute atomic E-state index is 0.0848. The molecular formula is C38H24OP+. The van der Waals surface area contributed by atoms with Gasteiger partial charge in [0, 0.05) is 34.3 Å². The summed E-state index contributed by atoms with van der Waals surface area (Å²) in [6, 6.07) is 47.6. The van der Waals surface area contributed by atoms with Gasteiger partial charge < -0.3 is 0 Å². The van der Waals surface area contributed by atoms with E-state index in [0.717, 1.165) is 16.3 Å². The molecule has 0 fully saturated rings. The van der Waals surface area contributed by atoms with E-state index in [1.54, 1.807) is 0 Å². The van der Waals surface area contributed by atoms with Crippen molar-refractivity contribution in [1.82, 2.24) is 0 Å². The number of rotatable bonds is 2. The Kier molecular flexibility index (Phi) is 4.44. The molecule has 6 aromatic rings. The number of fused-ring (bicyclic) bond motifs is 2. The van der Waals surface area contributed by atoms with Crippen LogP contribution in [0.2, 0.25) is 0 Å². The molecule has 6 aromatic carbocycles. The fraction of sp³-hybridized carbons (Fsp3) is 0.0526. The molecule has 0 saturated heterocycles. The molecule has 0 aromatic heterocycles. The van der Waals surface area contributed by atoms with E-state index in [0.29, 0.717) is 0 Å². The van der Waals surface area contributed by atoms with E-state index in [1.165, 1.54) is 55.1 Å². The van der Waals surface area contributed by atoms with Crippen LogP contribution in [0.1, 0.15) is 39.3 Å². The van der Waals surface area contributed by atoms with Crippen LogP contribution in [0.15, 0.2) is 145 Å². The summed E-state index contributed by atoms with van der Waals surface area (Å²) in [4.78, 5) is 0. The standard InChI is InChI=1S/C38H24OP/c39-40-35(28-19-9-13-24-11-1-3-15-26(24)28)23-34-37(29-20-10-14-25-12-2-4-16-27(25)29)36-30-17-5-7-21-32(30)38(34,40)33-22-8-6-18-31(33)36/h1-23,36H/q+1. The molecule has 0 amide bonds. The average molecular weight is 528 g/mol. The molecule has 0 radical (unpaired) electrons. The van der Waals surface area contributed by atoms with Crippen molar-refractivity contribution in [3.05, 3.63) is 178 Å². The fourth-order valence-electron chi connectivity index (χ4n) is 7.70. The third-order valence-corrected chi connectivity index (χ3v) is 11.4. The van der Waals surface area contributed by atoms with Gasteiger partial charge in [-0.25, -0.2) is 0 Å². The van der Waals surface area contributed by atoms with E-state index in [2.05, 4.69) is 140 Å². The van der Waals surface area contributed by atoms with Gasteiger partial charge in [-0.1, -0.05) is 132 Å². The Morgan fingerprint density at radius 2 is 1.02 bits per heavy atom.